The third-order valence-electron chi connectivity index (χ3n) is 3.86. The van der Waals surface area contributed by atoms with Crippen LogP contribution in [0.3, 0.4) is 0 Å². The lowest BCUT2D eigenvalue weighted by Gasteiger charge is -2.12. The normalized spacial score (nSPS) is 25.9. The van der Waals surface area contributed by atoms with E-state index in [0.717, 1.165) is 12.8 Å². The van der Waals surface area contributed by atoms with E-state index in [-0.39, 0.29) is 16.2 Å². The summed E-state index contributed by atoms with van der Waals surface area (Å²) < 4.78 is 22.2. The number of nitrogens with two attached hydrogens (primary N) is 1. The van der Waals surface area contributed by atoms with Crippen LogP contribution < -0.4 is 10.5 Å². The number of carbonyl (C=O) groups excluding carboxylic acids is 1. The number of rotatable bonds is 4. The maximum Gasteiger partial charge on any atom is 0.238 e. The molecule has 19 heavy (non-hydrogen) atoms. The quantitative estimate of drug-likeness (QED) is 0.881. The Labute approximate surface area is 113 Å². The van der Waals surface area contributed by atoms with E-state index in [1.165, 1.54) is 12.1 Å². The second kappa shape index (κ2) is 4.61. The average Bonchev–Trinajstić information content (AvgIpc) is 3.02. The molecule has 1 amide bonds. The zero-order chi connectivity index (χ0) is 14.3. The van der Waals surface area contributed by atoms with Gasteiger partial charge in [-0.1, -0.05) is 20.3 Å². The van der Waals surface area contributed by atoms with E-state index in [1.54, 1.807) is 12.1 Å². The maximum atomic E-state index is 12.1. The van der Waals surface area contributed by atoms with Crippen molar-refractivity contribution in [1.82, 2.24) is 0 Å². The standard InChI is InChI=1S/C13H18N2O3S/c1-3-9-8-13(9,2)12(16)15-10-4-6-11(7-5-10)19(14,17)18/h4-7,9H,3,8H2,1-2H3,(H,15,16)(H2,14,17,18). The van der Waals surface area contributed by atoms with Gasteiger partial charge in [-0.05, 0) is 36.6 Å². The number of hydrogen-bond acceptors (Lipinski definition) is 3. The molecule has 2 unspecified atom stereocenters. The minimum atomic E-state index is -3.69. The highest BCUT2D eigenvalue weighted by atomic mass is 32.2. The van der Waals surface area contributed by atoms with Crippen LogP contribution in [0.1, 0.15) is 26.7 Å². The van der Waals surface area contributed by atoms with Crippen LogP contribution in [-0.4, -0.2) is 14.3 Å². The first-order valence-corrected chi connectivity index (χ1v) is 7.76. The number of amides is 1. The number of nitrogens with one attached hydrogen (secondary N) is 1. The molecule has 0 spiro atoms. The largest absolute Gasteiger partial charge is 0.326 e. The van der Waals surface area contributed by atoms with E-state index in [0.29, 0.717) is 11.6 Å². The van der Waals surface area contributed by atoms with Gasteiger partial charge in [0.1, 0.15) is 0 Å². The highest BCUT2D eigenvalue weighted by Crippen LogP contribution is 2.54. The number of sulfonamides is 1. The smallest absolute Gasteiger partial charge is 0.238 e. The Morgan fingerprint density at radius 2 is 2.00 bits per heavy atom. The van der Waals surface area contributed by atoms with Crippen molar-refractivity contribution in [2.45, 2.75) is 31.6 Å². The first-order valence-electron chi connectivity index (χ1n) is 6.21. The lowest BCUT2D eigenvalue weighted by atomic mass is 10.0. The van der Waals surface area contributed by atoms with E-state index in [9.17, 15) is 13.2 Å². The fraction of sp³-hybridized carbons (Fsp3) is 0.462. The zero-order valence-corrected chi connectivity index (χ0v) is 11.8. The van der Waals surface area contributed by atoms with Crippen molar-refractivity contribution in [3.05, 3.63) is 24.3 Å². The Morgan fingerprint density at radius 3 is 2.42 bits per heavy atom. The van der Waals surface area contributed by atoms with Gasteiger partial charge >= 0.3 is 0 Å². The molecule has 2 atom stereocenters. The number of carbonyl (C=O) groups is 1. The second-order valence-corrected chi connectivity index (χ2v) is 6.81. The molecular weight excluding hydrogens is 264 g/mol. The van der Waals surface area contributed by atoms with E-state index < -0.39 is 10.0 Å². The highest BCUT2D eigenvalue weighted by molar-refractivity contribution is 7.89. The summed E-state index contributed by atoms with van der Waals surface area (Å²) in [5.41, 5.74) is 0.299. The van der Waals surface area contributed by atoms with Crippen LogP contribution in [0.15, 0.2) is 29.2 Å². The van der Waals surface area contributed by atoms with Crippen molar-refractivity contribution in [1.29, 1.82) is 0 Å². The van der Waals surface area contributed by atoms with E-state index in [4.69, 9.17) is 5.14 Å². The molecule has 1 aliphatic carbocycles. The molecule has 104 valence electrons. The summed E-state index contributed by atoms with van der Waals surface area (Å²) in [5, 5.41) is 7.82. The van der Waals surface area contributed by atoms with Crippen LogP contribution >= 0.6 is 0 Å². The van der Waals surface area contributed by atoms with Gasteiger partial charge in [-0.25, -0.2) is 13.6 Å². The molecule has 1 aromatic rings. The summed E-state index contributed by atoms with van der Waals surface area (Å²) in [5.74, 6) is 0.430. The summed E-state index contributed by atoms with van der Waals surface area (Å²) in [6, 6.07) is 5.86. The van der Waals surface area contributed by atoms with E-state index in [1.807, 2.05) is 6.92 Å². The first kappa shape index (κ1) is 14.0. The third-order valence-corrected chi connectivity index (χ3v) is 4.79. The predicted molar refractivity (Wildman–Crippen MR) is 72.9 cm³/mol. The van der Waals surface area contributed by atoms with E-state index in [2.05, 4.69) is 12.2 Å². The summed E-state index contributed by atoms with van der Waals surface area (Å²) >= 11 is 0. The molecule has 6 heteroatoms. The lowest BCUT2D eigenvalue weighted by molar-refractivity contribution is -0.121. The minimum Gasteiger partial charge on any atom is -0.326 e. The van der Waals surface area contributed by atoms with Crippen molar-refractivity contribution in [3.63, 3.8) is 0 Å². The van der Waals surface area contributed by atoms with Crippen LogP contribution in [0.5, 0.6) is 0 Å². The van der Waals surface area contributed by atoms with Crippen LogP contribution in [0.25, 0.3) is 0 Å². The fourth-order valence-electron chi connectivity index (χ4n) is 2.33. The predicted octanol–water partition coefficient (Wildman–Crippen LogP) is 1.71. The fourth-order valence-corrected chi connectivity index (χ4v) is 2.84. The number of hydrogen-bond donors (Lipinski definition) is 2. The van der Waals surface area contributed by atoms with Gasteiger partial charge in [0.05, 0.1) is 4.90 Å². The average molecular weight is 282 g/mol. The Hall–Kier alpha value is -1.40. The number of anilines is 1. The SMILES string of the molecule is CCC1CC1(C)C(=O)Nc1ccc(S(N)(=O)=O)cc1. The van der Waals surface area contributed by atoms with Crippen molar-refractivity contribution < 1.29 is 13.2 Å². The van der Waals surface area contributed by atoms with Crippen LogP contribution in [0, 0.1) is 11.3 Å². The Morgan fingerprint density at radius 1 is 1.42 bits per heavy atom. The molecule has 0 aliphatic heterocycles. The highest BCUT2D eigenvalue weighted by Gasteiger charge is 2.54. The lowest BCUT2D eigenvalue weighted by Crippen LogP contribution is -2.23. The summed E-state index contributed by atoms with van der Waals surface area (Å²) in [7, 11) is -3.69. The van der Waals surface area contributed by atoms with Crippen molar-refractivity contribution >= 4 is 21.6 Å². The molecule has 1 fully saturated rings. The van der Waals surface area contributed by atoms with Crippen molar-refractivity contribution in [2.24, 2.45) is 16.5 Å². The zero-order valence-electron chi connectivity index (χ0n) is 11.0. The molecule has 2 rings (SSSR count). The molecule has 0 saturated heterocycles. The summed E-state index contributed by atoms with van der Waals surface area (Å²) in [6.45, 7) is 4.03. The van der Waals surface area contributed by atoms with Crippen LogP contribution in [0.2, 0.25) is 0 Å². The first-order chi connectivity index (χ1) is 8.77. The summed E-state index contributed by atoms with van der Waals surface area (Å²) in [6.07, 6.45) is 1.90. The van der Waals surface area contributed by atoms with E-state index >= 15 is 0 Å². The molecule has 5 nitrogen and oxygen atoms in total. The Bertz CT molecular complexity index is 595. The molecule has 3 N–H and O–H groups in total. The third kappa shape index (κ3) is 2.79. The van der Waals surface area contributed by atoms with Gasteiger partial charge in [-0.3, -0.25) is 4.79 Å². The van der Waals surface area contributed by atoms with Gasteiger partial charge < -0.3 is 5.32 Å². The monoisotopic (exact) mass is 282 g/mol. The van der Waals surface area contributed by atoms with Crippen LogP contribution in [-0.2, 0) is 14.8 Å². The molecule has 1 saturated carbocycles. The molecule has 0 aromatic heterocycles. The molecule has 0 bridgehead atoms. The summed E-state index contributed by atoms with van der Waals surface area (Å²) in [4.78, 5) is 12.1. The molecule has 1 aromatic carbocycles. The molecule has 0 heterocycles. The molecule has 0 radical (unpaired) electrons. The van der Waals surface area contributed by atoms with Gasteiger partial charge in [0.25, 0.3) is 0 Å². The molecule has 1 aliphatic rings. The Kier molecular flexibility index (Phi) is 3.40. The van der Waals surface area contributed by atoms with Crippen LogP contribution in [0.4, 0.5) is 5.69 Å². The van der Waals surface area contributed by atoms with Gasteiger partial charge in [0, 0.05) is 11.1 Å². The van der Waals surface area contributed by atoms with Gasteiger partial charge in [0.2, 0.25) is 15.9 Å². The topological polar surface area (TPSA) is 89.3 Å². The molecular formula is C13H18N2O3S. The minimum absolute atomic E-state index is 0.0114. The maximum absolute atomic E-state index is 12.1. The van der Waals surface area contributed by atoms with Crippen molar-refractivity contribution in [3.8, 4) is 0 Å². The van der Waals surface area contributed by atoms with Gasteiger partial charge in [0.15, 0.2) is 0 Å². The Balaban J connectivity index is 2.07. The second-order valence-electron chi connectivity index (χ2n) is 5.25. The van der Waals surface area contributed by atoms with Crippen molar-refractivity contribution in [2.75, 3.05) is 5.32 Å². The number of benzene rings is 1. The van der Waals surface area contributed by atoms with Gasteiger partial charge in [-0.15, -0.1) is 0 Å². The number of primary sulfonamides is 1. The van der Waals surface area contributed by atoms with Gasteiger partial charge in [-0.2, -0.15) is 0 Å².